The summed E-state index contributed by atoms with van der Waals surface area (Å²) in [5, 5.41) is 20.2. The molecule has 1 heterocycles. The van der Waals surface area contributed by atoms with Crippen LogP contribution in [0.25, 0.3) is 0 Å². The van der Waals surface area contributed by atoms with E-state index in [9.17, 15) is 5.11 Å². The van der Waals surface area contributed by atoms with Gasteiger partial charge in [-0.15, -0.1) is 0 Å². The van der Waals surface area contributed by atoms with E-state index < -0.39 is 0 Å². The van der Waals surface area contributed by atoms with Gasteiger partial charge >= 0.3 is 0 Å². The monoisotopic (exact) mass is 156 g/mol. The SMILES string of the molecule is CC1=C(O)C(C)[NH2+]C=C1CO. The molecule has 0 amide bonds. The van der Waals surface area contributed by atoms with E-state index in [-0.39, 0.29) is 12.6 Å². The van der Waals surface area contributed by atoms with Gasteiger partial charge in [-0.1, -0.05) is 0 Å². The van der Waals surface area contributed by atoms with Gasteiger partial charge in [-0.2, -0.15) is 0 Å². The smallest absolute Gasteiger partial charge is 0.153 e. The maximum absolute atomic E-state index is 9.44. The van der Waals surface area contributed by atoms with Gasteiger partial charge in [0.1, 0.15) is 6.04 Å². The molecule has 1 unspecified atom stereocenters. The van der Waals surface area contributed by atoms with Crippen molar-refractivity contribution >= 4 is 0 Å². The van der Waals surface area contributed by atoms with Crippen molar-refractivity contribution in [1.29, 1.82) is 0 Å². The largest absolute Gasteiger partial charge is 0.506 e. The Morgan fingerprint density at radius 3 is 2.82 bits per heavy atom. The third kappa shape index (κ3) is 1.44. The highest BCUT2D eigenvalue weighted by Gasteiger charge is 2.20. The number of hydrogen-bond donors (Lipinski definition) is 3. The summed E-state index contributed by atoms with van der Waals surface area (Å²) in [5.41, 5.74) is 1.61. The van der Waals surface area contributed by atoms with Crippen molar-refractivity contribution in [3.05, 3.63) is 23.1 Å². The van der Waals surface area contributed by atoms with Gasteiger partial charge in [0.2, 0.25) is 0 Å². The van der Waals surface area contributed by atoms with Crippen LogP contribution in [0.5, 0.6) is 0 Å². The van der Waals surface area contributed by atoms with E-state index >= 15 is 0 Å². The van der Waals surface area contributed by atoms with Gasteiger partial charge in [0.25, 0.3) is 0 Å². The number of nitrogens with two attached hydrogens (primary N) is 1. The second kappa shape index (κ2) is 3.07. The van der Waals surface area contributed by atoms with Gasteiger partial charge in [-0.3, -0.25) is 0 Å². The molecule has 1 rings (SSSR count). The standard InChI is InChI=1S/C8H13NO2/c1-5-7(4-10)3-9-6(2)8(5)11/h3,6,9-11H,4H2,1-2H3/p+1. The predicted octanol–water partition coefficient (Wildman–Crippen LogP) is -0.340. The van der Waals surface area contributed by atoms with E-state index in [0.29, 0.717) is 5.76 Å². The van der Waals surface area contributed by atoms with Crippen LogP contribution in [-0.2, 0) is 0 Å². The van der Waals surface area contributed by atoms with Crippen LogP contribution in [0.4, 0.5) is 0 Å². The van der Waals surface area contributed by atoms with Gasteiger partial charge in [-0.05, 0) is 13.8 Å². The van der Waals surface area contributed by atoms with Gasteiger partial charge in [0.15, 0.2) is 5.76 Å². The summed E-state index contributed by atoms with van der Waals surface area (Å²) >= 11 is 0. The summed E-state index contributed by atoms with van der Waals surface area (Å²) in [6.45, 7) is 3.74. The fourth-order valence-corrected chi connectivity index (χ4v) is 1.15. The van der Waals surface area contributed by atoms with Crippen molar-refractivity contribution in [2.45, 2.75) is 19.9 Å². The minimum absolute atomic E-state index is 0.000880. The second-order valence-electron chi connectivity index (χ2n) is 2.84. The molecule has 1 aliphatic rings. The Morgan fingerprint density at radius 2 is 2.27 bits per heavy atom. The molecular weight excluding hydrogens is 142 g/mol. The van der Waals surface area contributed by atoms with Crippen LogP contribution in [0.1, 0.15) is 13.8 Å². The van der Waals surface area contributed by atoms with Crippen LogP contribution >= 0.6 is 0 Å². The van der Waals surface area contributed by atoms with Crippen LogP contribution in [-0.4, -0.2) is 22.9 Å². The summed E-state index contributed by atoms with van der Waals surface area (Å²) in [6.07, 6.45) is 1.86. The van der Waals surface area contributed by atoms with E-state index in [4.69, 9.17) is 5.11 Å². The normalized spacial score (nSPS) is 25.4. The van der Waals surface area contributed by atoms with Crippen LogP contribution in [0.2, 0.25) is 0 Å². The second-order valence-corrected chi connectivity index (χ2v) is 2.84. The maximum Gasteiger partial charge on any atom is 0.153 e. The first-order valence-corrected chi connectivity index (χ1v) is 3.71. The highest BCUT2D eigenvalue weighted by molar-refractivity contribution is 5.32. The Morgan fingerprint density at radius 1 is 1.64 bits per heavy atom. The third-order valence-electron chi connectivity index (χ3n) is 2.05. The molecule has 0 saturated carbocycles. The average molecular weight is 156 g/mol. The Kier molecular flexibility index (Phi) is 2.31. The van der Waals surface area contributed by atoms with Crippen LogP contribution in [0.3, 0.4) is 0 Å². The number of aliphatic hydroxyl groups excluding tert-OH is 2. The zero-order valence-corrected chi connectivity index (χ0v) is 6.83. The van der Waals surface area contributed by atoms with Crippen molar-refractivity contribution in [3.8, 4) is 0 Å². The maximum atomic E-state index is 9.44. The van der Waals surface area contributed by atoms with Gasteiger partial charge in [0, 0.05) is 11.1 Å². The molecule has 0 aliphatic carbocycles. The van der Waals surface area contributed by atoms with E-state index in [0.717, 1.165) is 11.1 Å². The Hall–Kier alpha value is -0.800. The van der Waals surface area contributed by atoms with E-state index in [2.05, 4.69) is 0 Å². The minimum Gasteiger partial charge on any atom is -0.506 e. The molecule has 0 spiro atoms. The topological polar surface area (TPSA) is 57.1 Å². The fraction of sp³-hybridized carbons (Fsp3) is 0.500. The molecule has 0 radical (unpaired) electrons. The summed E-state index contributed by atoms with van der Waals surface area (Å²) in [7, 11) is 0. The Labute approximate surface area is 66.0 Å². The van der Waals surface area contributed by atoms with Gasteiger partial charge in [0.05, 0.1) is 12.8 Å². The van der Waals surface area contributed by atoms with Gasteiger partial charge < -0.3 is 15.5 Å². The number of hydrogen-bond acceptors (Lipinski definition) is 2. The number of quaternary nitrogens is 1. The molecule has 4 N–H and O–H groups in total. The first-order chi connectivity index (χ1) is 5.16. The Bertz CT molecular complexity index is 218. The molecule has 0 fully saturated rings. The summed E-state index contributed by atoms with van der Waals surface area (Å²) in [5.74, 6) is 0.372. The highest BCUT2D eigenvalue weighted by atomic mass is 16.3. The molecule has 1 aliphatic heterocycles. The molecule has 3 heteroatoms. The van der Waals surface area contributed by atoms with Crippen molar-refractivity contribution in [1.82, 2.24) is 0 Å². The van der Waals surface area contributed by atoms with Crippen molar-refractivity contribution in [2.24, 2.45) is 0 Å². The zero-order valence-electron chi connectivity index (χ0n) is 6.83. The molecule has 0 aromatic rings. The van der Waals surface area contributed by atoms with Crippen LogP contribution < -0.4 is 5.32 Å². The molecule has 11 heavy (non-hydrogen) atoms. The third-order valence-corrected chi connectivity index (χ3v) is 2.05. The average Bonchev–Trinajstić information content (AvgIpc) is 2.01. The van der Waals surface area contributed by atoms with Gasteiger partial charge in [-0.25, -0.2) is 0 Å². The van der Waals surface area contributed by atoms with Crippen LogP contribution in [0.15, 0.2) is 23.1 Å². The molecule has 62 valence electrons. The van der Waals surface area contributed by atoms with Crippen molar-refractivity contribution < 1.29 is 15.5 Å². The van der Waals surface area contributed by atoms with Crippen molar-refractivity contribution in [3.63, 3.8) is 0 Å². The summed E-state index contributed by atoms with van der Waals surface area (Å²) in [4.78, 5) is 0. The first kappa shape index (κ1) is 8.30. The quantitative estimate of drug-likeness (QED) is 0.486. The van der Waals surface area contributed by atoms with Crippen LogP contribution in [0, 0.1) is 0 Å². The lowest BCUT2D eigenvalue weighted by Crippen LogP contribution is -2.85. The van der Waals surface area contributed by atoms with E-state index in [1.54, 1.807) is 0 Å². The van der Waals surface area contributed by atoms with E-state index in [1.807, 2.05) is 25.4 Å². The zero-order chi connectivity index (χ0) is 8.43. The molecule has 0 saturated heterocycles. The molecule has 0 aromatic heterocycles. The lowest BCUT2D eigenvalue weighted by Gasteiger charge is -2.16. The molecular formula is C8H14NO2+. The number of aliphatic hydroxyl groups is 2. The fourth-order valence-electron chi connectivity index (χ4n) is 1.15. The molecule has 3 nitrogen and oxygen atoms in total. The minimum atomic E-state index is -0.000880. The highest BCUT2D eigenvalue weighted by Crippen LogP contribution is 2.14. The molecule has 0 aromatic carbocycles. The first-order valence-electron chi connectivity index (χ1n) is 3.71. The molecule has 1 atom stereocenters. The lowest BCUT2D eigenvalue weighted by molar-refractivity contribution is -0.619. The molecule has 0 bridgehead atoms. The summed E-state index contributed by atoms with van der Waals surface area (Å²) < 4.78 is 0. The predicted molar refractivity (Wildman–Crippen MR) is 41.9 cm³/mol. The number of rotatable bonds is 1. The Balaban J connectivity index is 2.90. The summed E-state index contributed by atoms with van der Waals surface area (Å²) in [6, 6.07) is 0.0882. The van der Waals surface area contributed by atoms with E-state index in [1.165, 1.54) is 0 Å². The van der Waals surface area contributed by atoms with Crippen molar-refractivity contribution in [2.75, 3.05) is 6.61 Å². The lowest BCUT2D eigenvalue weighted by atomic mass is 10.0.